The number of amides is 6. The van der Waals surface area contributed by atoms with E-state index in [2.05, 4.69) is 27.8 Å². The summed E-state index contributed by atoms with van der Waals surface area (Å²) in [7, 11) is 0. The topological polar surface area (TPSA) is 157 Å². The molecule has 4 N–H and O–H groups in total. The summed E-state index contributed by atoms with van der Waals surface area (Å²) in [6.07, 6.45) is 5.75. The molecule has 1 unspecified atom stereocenters. The molecule has 12 nitrogen and oxygen atoms in total. The van der Waals surface area contributed by atoms with Gasteiger partial charge in [-0.25, -0.2) is 4.79 Å². The SMILES string of the molecule is C=CCNC(=O)C(=O)C(CCC)NC(=O)[C@@H]1[C@@H](C(C)C)CCN1C(=O)[C@@H](NC(=O)N[C@H](C(=O)N1CCCCC1)C(C)(C)C)C(C)(C)C. The van der Waals surface area contributed by atoms with Crippen molar-refractivity contribution in [2.45, 2.75) is 125 Å². The Labute approximate surface area is 281 Å². The second-order valence-corrected chi connectivity index (χ2v) is 15.5. The molecule has 0 spiro atoms. The van der Waals surface area contributed by atoms with Crippen molar-refractivity contribution < 1.29 is 28.8 Å². The van der Waals surface area contributed by atoms with Gasteiger partial charge in [-0.15, -0.1) is 6.58 Å². The van der Waals surface area contributed by atoms with Crippen LogP contribution in [0.4, 0.5) is 4.79 Å². The van der Waals surface area contributed by atoms with E-state index in [4.69, 9.17) is 0 Å². The highest BCUT2D eigenvalue weighted by atomic mass is 16.2. The molecule has 0 aromatic rings. The molecule has 47 heavy (non-hydrogen) atoms. The number of Topliss-reactive ketones (excluding diaryl/α,β-unsaturated/α-hetero) is 1. The van der Waals surface area contributed by atoms with Crippen LogP contribution in [-0.2, 0) is 24.0 Å². The molecule has 0 radical (unpaired) electrons. The molecule has 266 valence electrons. The normalized spacial score (nSPS) is 20.6. The Morgan fingerprint density at radius 2 is 1.38 bits per heavy atom. The van der Waals surface area contributed by atoms with Crippen molar-refractivity contribution in [3.63, 3.8) is 0 Å². The van der Waals surface area contributed by atoms with Gasteiger partial charge in [-0.1, -0.05) is 74.8 Å². The molecule has 2 fully saturated rings. The first-order valence-corrected chi connectivity index (χ1v) is 17.2. The molecule has 12 heteroatoms. The van der Waals surface area contributed by atoms with Crippen LogP contribution in [0.15, 0.2) is 12.7 Å². The zero-order chi connectivity index (χ0) is 35.7. The molecule has 2 rings (SSSR count). The fourth-order valence-electron chi connectivity index (χ4n) is 6.39. The molecule has 0 bridgehead atoms. The molecule has 5 atom stereocenters. The molecular formula is C35H60N6O6. The van der Waals surface area contributed by atoms with Crippen LogP contribution in [0, 0.1) is 22.7 Å². The van der Waals surface area contributed by atoms with Gasteiger partial charge in [0.15, 0.2) is 0 Å². The standard InChI is InChI=1S/C35H60N6O6/c1-11-16-24(26(42)30(44)36-18-12-2)37-29(43)25-23(22(3)4)17-21-41(25)32(46)28(35(8,9)10)39-33(47)38-27(34(5,6)7)31(45)40-19-14-13-15-20-40/h12,22-25,27-28H,2,11,13-21H2,1,3-10H3,(H,36,44)(H,37,43)(H2,38,39,47)/t23-,24?,25+,27-,28-/m1/s1. The molecule has 0 aromatic carbocycles. The zero-order valence-electron chi connectivity index (χ0n) is 30.2. The van der Waals surface area contributed by atoms with Crippen LogP contribution in [0.2, 0.25) is 0 Å². The number of urea groups is 1. The number of nitrogens with zero attached hydrogens (tertiary/aromatic N) is 2. The van der Waals surface area contributed by atoms with E-state index in [0.717, 1.165) is 19.3 Å². The second kappa shape index (κ2) is 17.1. The predicted molar refractivity (Wildman–Crippen MR) is 182 cm³/mol. The van der Waals surface area contributed by atoms with Gasteiger partial charge in [0.2, 0.25) is 23.5 Å². The van der Waals surface area contributed by atoms with Crippen molar-refractivity contribution in [1.82, 2.24) is 31.1 Å². The van der Waals surface area contributed by atoms with Gasteiger partial charge in [0.05, 0.1) is 6.04 Å². The van der Waals surface area contributed by atoms with E-state index < -0.39 is 64.5 Å². The van der Waals surface area contributed by atoms with Crippen LogP contribution in [-0.4, -0.2) is 95.6 Å². The van der Waals surface area contributed by atoms with Gasteiger partial charge < -0.3 is 31.1 Å². The number of hydrogen-bond acceptors (Lipinski definition) is 6. The summed E-state index contributed by atoms with van der Waals surface area (Å²) in [5.74, 6) is -2.79. The average Bonchev–Trinajstić information content (AvgIpc) is 3.45. The van der Waals surface area contributed by atoms with Gasteiger partial charge in [0.1, 0.15) is 18.1 Å². The highest BCUT2D eigenvalue weighted by Crippen LogP contribution is 2.33. The van der Waals surface area contributed by atoms with Crippen molar-refractivity contribution in [2.75, 3.05) is 26.2 Å². The summed E-state index contributed by atoms with van der Waals surface area (Å²) in [6, 6.07) is -4.40. The third-order valence-corrected chi connectivity index (χ3v) is 9.14. The first kappa shape index (κ1) is 39.7. The van der Waals surface area contributed by atoms with Crippen molar-refractivity contribution in [3.05, 3.63) is 12.7 Å². The number of ketones is 1. The maximum atomic E-state index is 14.3. The van der Waals surface area contributed by atoms with E-state index in [1.807, 2.05) is 62.3 Å². The average molecular weight is 661 g/mol. The number of nitrogens with one attached hydrogen (secondary N) is 4. The van der Waals surface area contributed by atoms with Gasteiger partial charge in [-0.2, -0.15) is 0 Å². The summed E-state index contributed by atoms with van der Waals surface area (Å²) >= 11 is 0. The van der Waals surface area contributed by atoms with Crippen molar-refractivity contribution in [2.24, 2.45) is 22.7 Å². The van der Waals surface area contributed by atoms with Gasteiger partial charge in [0.25, 0.3) is 5.91 Å². The van der Waals surface area contributed by atoms with Crippen molar-refractivity contribution >= 4 is 35.4 Å². The molecule has 0 aliphatic carbocycles. The Bertz CT molecular complexity index is 1150. The Kier molecular flexibility index (Phi) is 14.5. The Morgan fingerprint density at radius 3 is 1.87 bits per heavy atom. The Balaban J connectivity index is 2.33. The van der Waals surface area contributed by atoms with Crippen LogP contribution in [0.1, 0.15) is 101 Å². The van der Waals surface area contributed by atoms with Gasteiger partial charge in [-0.3, -0.25) is 24.0 Å². The largest absolute Gasteiger partial charge is 0.346 e. The van der Waals surface area contributed by atoms with E-state index in [-0.39, 0.29) is 30.7 Å². The van der Waals surface area contributed by atoms with E-state index in [1.165, 1.54) is 11.0 Å². The molecule has 0 saturated carbocycles. The van der Waals surface area contributed by atoms with Crippen molar-refractivity contribution in [3.8, 4) is 0 Å². The molecule has 2 aliphatic rings. The summed E-state index contributed by atoms with van der Waals surface area (Å²) < 4.78 is 0. The smallest absolute Gasteiger partial charge is 0.316 e. The van der Waals surface area contributed by atoms with E-state index in [0.29, 0.717) is 32.5 Å². The summed E-state index contributed by atoms with van der Waals surface area (Å²) in [5, 5.41) is 11.0. The molecular weight excluding hydrogens is 600 g/mol. The number of likely N-dealkylation sites (tertiary alicyclic amines) is 2. The lowest BCUT2D eigenvalue weighted by atomic mass is 9.84. The molecule has 6 amide bonds. The van der Waals surface area contributed by atoms with Crippen molar-refractivity contribution in [1.29, 1.82) is 0 Å². The van der Waals surface area contributed by atoms with Crippen LogP contribution >= 0.6 is 0 Å². The fraction of sp³-hybridized carbons (Fsp3) is 0.771. The summed E-state index contributed by atoms with van der Waals surface area (Å²) in [6.45, 7) is 22.3. The summed E-state index contributed by atoms with van der Waals surface area (Å²) in [5.41, 5.74) is -1.33. The highest BCUT2D eigenvalue weighted by Gasteiger charge is 2.48. The molecule has 0 aromatic heterocycles. The lowest BCUT2D eigenvalue weighted by Gasteiger charge is -2.39. The number of carbonyl (C=O) groups is 6. The van der Waals surface area contributed by atoms with Crippen LogP contribution in [0.5, 0.6) is 0 Å². The number of hydrogen-bond donors (Lipinski definition) is 4. The Hall–Kier alpha value is -3.44. The number of carbonyl (C=O) groups excluding carboxylic acids is 6. The molecule has 2 heterocycles. The van der Waals surface area contributed by atoms with Gasteiger partial charge in [0, 0.05) is 26.2 Å². The zero-order valence-corrected chi connectivity index (χ0v) is 30.2. The predicted octanol–water partition coefficient (Wildman–Crippen LogP) is 3.16. The minimum absolute atomic E-state index is 0.0393. The number of rotatable bonds is 13. The first-order chi connectivity index (χ1) is 21.8. The van der Waals surface area contributed by atoms with Crippen LogP contribution in [0.3, 0.4) is 0 Å². The monoisotopic (exact) mass is 660 g/mol. The summed E-state index contributed by atoms with van der Waals surface area (Å²) in [4.78, 5) is 84.0. The second-order valence-electron chi connectivity index (χ2n) is 15.5. The Morgan fingerprint density at radius 1 is 0.830 bits per heavy atom. The van der Waals surface area contributed by atoms with E-state index in [9.17, 15) is 28.8 Å². The first-order valence-electron chi connectivity index (χ1n) is 17.2. The maximum Gasteiger partial charge on any atom is 0.316 e. The van der Waals surface area contributed by atoms with Crippen LogP contribution < -0.4 is 21.3 Å². The molecule has 2 aliphatic heterocycles. The minimum atomic E-state index is -1.04. The lowest BCUT2D eigenvalue weighted by Crippen LogP contribution is -2.63. The third-order valence-electron chi connectivity index (χ3n) is 9.14. The third kappa shape index (κ3) is 10.8. The fourth-order valence-corrected chi connectivity index (χ4v) is 6.39. The highest BCUT2D eigenvalue weighted by molar-refractivity contribution is 6.38. The van der Waals surface area contributed by atoms with Crippen LogP contribution in [0.25, 0.3) is 0 Å². The van der Waals surface area contributed by atoms with E-state index >= 15 is 0 Å². The molecule has 2 saturated heterocycles. The lowest BCUT2D eigenvalue weighted by molar-refractivity contribution is -0.144. The maximum absolute atomic E-state index is 14.3. The number of piperidine rings is 1. The van der Waals surface area contributed by atoms with E-state index in [1.54, 1.807) is 4.90 Å². The minimum Gasteiger partial charge on any atom is -0.346 e. The van der Waals surface area contributed by atoms with Gasteiger partial charge >= 0.3 is 6.03 Å². The van der Waals surface area contributed by atoms with Gasteiger partial charge in [-0.05, 0) is 54.8 Å². The quantitative estimate of drug-likeness (QED) is 0.176.